The van der Waals surface area contributed by atoms with Crippen molar-refractivity contribution in [1.82, 2.24) is 20.1 Å². The molecule has 0 saturated carbocycles. The third-order valence-electron chi connectivity index (χ3n) is 3.57. The Hall–Kier alpha value is -1.10. The largest absolute Gasteiger partial charge is 0.315 e. The highest BCUT2D eigenvalue weighted by Crippen LogP contribution is 2.23. The van der Waals surface area contributed by atoms with Gasteiger partial charge < -0.3 is 9.88 Å². The minimum atomic E-state index is 0.666. The number of aryl methyl sites for hydroxylation is 1. The van der Waals surface area contributed by atoms with Crippen LogP contribution in [0.15, 0.2) is 18.2 Å². The van der Waals surface area contributed by atoms with Gasteiger partial charge in [0.15, 0.2) is 0 Å². The number of hydrogen-bond donors (Lipinski definition) is 1. The molecule has 0 fully saturated rings. The highest BCUT2D eigenvalue weighted by molar-refractivity contribution is 6.35. The van der Waals surface area contributed by atoms with Crippen molar-refractivity contribution in [2.24, 2.45) is 0 Å². The summed E-state index contributed by atoms with van der Waals surface area (Å²) in [6, 6.07) is 5.57. The molecule has 1 aliphatic heterocycles. The quantitative estimate of drug-likeness (QED) is 0.864. The Morgan fingerprint density at radius 3 is 2.80 bits per heavy atom. The highest BCUT2D eigenvalue weighted by atomic mass is 35.5. The molecule has 1 N–H and O–H groups in total. The van der Waals surface area contributed by atoms with E-state index in [0.717, 1.165) is 43.1 Å². The first-order chi connectivity index (χ1) is 9.75. The normalized spacial score (nSPS) is 13.7. The van der Waals surface area contributed by atoms with Crippen molar-refractivity contribution < 1.29 is 0 Å². The van der Waals surface area contributed by atoms with E-state index < -0.39 is 0 Å². The van der Waals surface area contributed by atoms with Gasteiger partial charge in [0, 0.05) is 48.1 Å². The van der Waals surface area contributed by atoms with Crippen molar-refractivity contribution >= 4 is 23.2 Å². The molecule has 6 heteroatoms. The molecule has 20 heavy (non-hydrogen) atoms. The third-order valence-corrected chi connectivity index (χ3v) is 4.28. The predicted octanol–water partition coefficient (Wildman–Crippen LogP) is 2.86. The summed E-state index contributed by atoms with van der Waals surface area (Å²) >= 11 is 12.3. The van der Waals surface area contributed by atoms with Gasteiger partial charge >= 0.3 is 0 Å². The van der Waals surface area contributed by atoms with Crippen LogP contribution in [0.2, 0.25) is 10.0 Å². The Kier molecular flexibility index (Phi) is 4.24. The van der Waals surface area contributed by atoms with Crippen LogP contribution < -0.4 is 5.32 Å². The lowest BCUT2D eigenvalue weighted by Crippen LogP contribution is -2.19. The molecular formula is C14H16Cl2N4. The molecule has 106 valence electrons. The van der Waals surface area contributed by atoms with Crippen LogP contribution in [0.25, 0.3) is 0 Å². The van der Waals surface area contributed by atoms with E-state index in [1.807, 2.05) is 18.2 Å². The topological polar surface area (TPSA) is 42.7 Å². The second-order valence-electron chi connectivity index (χ2n) is 4.91. The fraction of sp³-hybridized carbons (Fsp3) is 0.429. The zero-order chi connectivity index (χ0) is 13.9. The van der Waals surface area contributed by atoms with Crippen molar-refractivity contribution in [2.45, 2.75) is 32.4 Å². The molecule has 1 aliphatic rings. The van der Waals surface area contributed by atoms with Crippen LogP contribution >= 0.6 is 23.2 Å². The summed E-state index contributed by atoms with van der Waals surface area (Å²) in [6.45, 7) is 2.55. The molecule has 0 unspecified atom stereocenters. The van der Waals surface area contributed by atoms with E-state index in [1.165, 1.54) is 6.42 Å². The summed E-state index contributed by atoms with van der Waals surface area (Å²) < 4.78 is 2.23. The molecule has 1 aromatic heterocycles. The van der Waals surface area contributed by atoms with Crippen molar-refractivity contribution in [1.29, 1.82) is 0 Å². The molecule has 0 atom stereocenters. The number of halogens is 2. The summed E-state index contributed by atoms with van der Waals surface area (Å²) in [6.07, 6.45) is 3.10. The number of fused-ring (bicyclic) bond motifs is 1. The molecule has 3 rings (SSSR count). The van der Waals surface area contributed by atoms with Crippen molar-refractivity contribution in [3.8, 4) is 0 Å². The van der Waals surface area contributed by atoms with Gasteiger partial charge in [-0.25, -0.2) is 0 Å². The first-order valence-corrected chi connectivity index (χ1v) is 7.56. The molecule has 0 amide bonds. The van der Waals surface area contributed by atoms with E-state index in [-0.39, 0.29) is 0 Å². The molecule has 2 aromatic rings. The van der Waals surface area contributed by atoms with Gasteiger partial charge in [-0.3, -0.25) is 0 Å². The van der Waals surface area contributed by atoms with E-state index in [1.54, 1.807) is 0 Å². The minimum Gasteiger partial charge on any atom is -0.315 e. The van der Waals surface area contributed by atoms with Gasteiger partial charge in [0.25, 0.3) is 0 Å². The van der Waals surface area contributed by atoms with E-state index in [4.69, 9.17) is 23.2 Å². The molecule has 0 radical (unpaired) electrons. The van der Waals surface area contributed by atoms with Gasteiger partial charge in [-0.2, -0.15) is 0 Å². The maximum absolute atomic E-state index is 6.13. The summed E-state index contributed by atoms with van der Waals surface area (Å²) in [5.41, 5.74) is 0.947. The van der Waals surface area contributed by atoms with Gasteiger partial charge in [0.2, 0.25) is 0 Å². The predicted molar refractivity (Wildman–Crippen MR) is 80.2 cm³/mol. The maximum atomic E-state index is 6.13. The number of nitrogens with zero attached hydrogens (tertiary/aromatic N) is 3. The van der Waals surface area contributed by atoms with Gasteiger partial charge in [-0.05, 0) is 18.6 Å². The highest BCUT2D eigenvalue weighted by Gasteiger charge is 2.16. The van der Waals surface area contributed by atoms with Crippen molar-refractivity contribution in [2.75, 3.05) is 6.54 Å². The Balaban J connectivity index is 1.53. The fourth-order valence-corrected chi connectivity index (χ4v) is 3.04. The van der Waals surface area contributed by atoms with Crippen molar-refractivity contribution in [3.63, 3.8) is 0 Å². The van der Waals surface area contributed by atoms with Crippen LogP contribution in [0.4, 0.5) is 0 Å². The fourth-order valence-electron chi connectivity index (χ4n) is 2.51. The maximum Gasteiger partial charge on any atom is 0.134 e. The van der Waals surface area contributed by atoms with Crippen LogP contribution in [0.5, 0.6) is 0 Å². The molecule has 0 aliphatic carbocycles. The van der Waals surface area contributed by atoms with E-state index in [9.17, 15) is 0 Å². The first kappa shape index (κ1) is 13.9. The average molecular weight is 311 g/mol. The molecular weight excluding hydrogens is 295 g/mol. The lowest BCUT2D eigenvalue weighted by molar-refractivity contribution is 0.630. The zero-order valence-electron chi connectivity index (χ0n) is 11.1. The van der Waals surface area contributed by atoms with Gasteiger partial charge in [-0.1, -0.05) is 29.3 Å². The summed E-state index contributed by atoms with van der Waals surface area (Å²) in [5, 5.41) is 13.2. The van der Waals surface area contributed by atoms with E-state index in [2.05, 4.69) is 20.1 Å². The van der Waals surface area contributed by atoms with Crippen LogP contribution in [-0.2, 0) is 25.9 Å². The molecule has 0 saturated heterocycles. The zero-order valence-corrected chi connectivity index (χ0v) is 12.6. The van der Waals surface area contributed by atoms with E-state index in [0.29, 0.717) is 16.6 Å². The van der Waals surface area contributed by atoms with Crippen LogP contribution in [0, 0.1) is 0 Å². The molecule has 2 heterocycles. The van der Waals surface area contributed by atoms with Crippen LogP contribution in [0.1, 0.15) is 23.6 Å². The van der Waals surface area contributed by atoms with Crippen LogP contribution in [-0.4, -0.2) is 21.3 Å². The number of benzene rings is 1. The summed E-state index contributed by atoms with van der Waals surface area (Å²) in [5.74, 6) is 2.18. The second kappa shape index (κ2) is 6.12. The number of rotatable bonds is 5. The Morgan fingerprint density at radius 2 is 2.00 bits per heavy atom. The second-order valence-corrected chi connectivity index (χ2v) is 5.73. The molecule has 0 bridgehead atoms. The monoisotopic (exact) mass is 310 g/mol. The van der Waals surface area contributed by atoms with Crippen molar-refractivity contribution in [3.05, 3.63) is 45.5 Å². The van der Waals surface area contributed by atoms with E-state index >= 15 is 0 Å². The number of aromatic nitrogens is 3. The Morgan fingerprint density at radius 1 is 1.20 bits per heavy atom. The summed E-state index contributed by atoms with van der Waals surface area (Å²) in [7, 11) is 0. The molecule has 1 aromatic carbocycles. The van der Waals surface area contributed by atoms with Gasteiger partial charge in [0.05, 0.1) is 0 Å². The van der Waals surface area contributed by atoms with Gasteiger partial charge in [-0.15, -0.1) is 10.2 Å². The molecule has 0 spiro atoms. The Labute approximate surface area is 128 Å². The number of hydrogen-bond acceptors (Lipinski definition) is 3. The SMILES string of the molecule is Clc1cccc(Cl)c1CNCCc1nnc2n1CCC2. The average Bonchev–Trinajstić information content (AvgIpc) is 3.01. The Bertz CT molecular complexity index is 589. The standard InChI is InChI=1S/C14H16Cl2N4/c15-11-3-1-4-12(16)10(11)9-17-7-6-14-19-18-13-5-2-8-20(13)14/h1,3-4,17H,2,5-9H2. The third kappa shape index (κ3) is 2.82. The molecule has 4 nitrogen and oxygen atoms in total. The number of nitrogens with one attached hydrogen (secondary N) is 1. The first-order valence-electron chi connectivity index (χ1n) is 6.80. The van der Waals surface area contributed by atoms with Gasteiger partial charge in [0.1, 0.15) is 11.6 Å². The smallest absolute Gasteiger partial charge is 0.134 e. The van der Waals surface area contributed by atoms with Crippen LogP contribution in [0.3, 0.4) is 0 Å². The lowest BCUT2D eigenvalue weighted by atomic mass is 10.2. The minimum absolute atomic E-state index is 0.666. The lowest BCUT2D eigenvalue weighted by Gasteiger charge is -2.08. The summed E-state index contributed by atoms with van der Waals surface area (Å²) in [4.78, 5) is 0.